The lowest BCUT2D eigenvalue weighted by molar-refractivity contribution is 0.234. The number of hydrogen-bond acceptors (Lipinski definition) is 3. The zero-order valence-electron chi connectivity index (χ0n) is 6.95. The van der Waals surface area contributed by atoms with E-state index in [-0.39, 0.29) is 6.04 Å². The largest absolute Gasteiger partial charge is 0.384 e. The summed E-state index contributed by atoms with van der Waals surface area (Å²) in [6, 6.07) is 0.272. The number of hydrazone groups is 1. The van der Waals surface area contributed by atoms with Crippen LogP contribution in [0.1, 0.15) is 19.3 Å². The van der Waals surface area contributed by atoms with E-state index in [1.807, 2.05) is 0 Å². The van der Waals surface area contributed by atoms with Gasteiger partial charge in [0.1, 0.15) is 5.84 Å². The van der Waals surface area contributed by atoms with Gasteiger partial charge in [0, 0.05) is 0 Å². The van der Waals surface area contributed by atoms with Gasteiger partial charge in [-0.15, -0.1) is 0 Å². The molecule has 0 aliphatic carbocycles. The Morgan fingerprint density at radius 3 is 2.82 bits per heavy atom. The molecule has 0 spiro atoms. The molecule has 64 valence electrons. The number of hydrogen-bond donors (Lipinski definition) is 2. The maximum Gasteiger partial charge on any atom is 0.136 e. The van der Waals surface area contributed by atoms with Crippen LogP contribution in [0.3, 0.4) is 0 Å². The summed E-state index contributed by atoms with van der Waals surface area (Å²) in [6.07, 6.45) is 3.57. The molecule has 4 nitrogen and oxygen atoms in total. The van der Waals surface area contributed by atoms with Gasteiger partial charge in [-0.3, -0.25) is 4.90 Å². The first-order valence-electron chi connectivity index (χ1n) is 3.99. The lowest BCUT2D eigenvalue weighted by Crippen LogP contribution is -2.45. The van der Waals surface area contributed by atoms with Crippen LogP contribution in [0.25, 0.3) is 0 Å². The Hall–Kier alpha value is -0.770. The summed E-state index contributed by atoms with van der Waals surface area (Å²) in [7, 11) is 2.06. The molecule has 11 heavy (non-hydrogen) atoms. The highest BCUT2D eigenvalue weighted by Gasteiger charge is 2.21. The van der Waals surface area contributed by atoms with Crippen LogP contribution in [0.2, 0.25) is 0 Å². The summed E-state index contributed by atoms with van der Waals surface area (Å²) < 4.78 is 0. The van der Waals surface area contributed by atoms with Crippen molar-refractivity contribution in [3.05, 3.63) is 0 Å². The second-order valence-electron chi connectivity index (χ2n) is 3.05. The smallest absolute Gasteiger partial charge is 0.136 e. The normalized spacial score (nSPS) is 28.8. The maximum absolute atomic E-state index is 5.62. The second kappa shape index (κ2) is 3.57. The van der Waals surface area contributed by atoms with Crippen LogP contribution in [0.15, 0.2) is 5.10 Å². The van der Waals surface area contributed by atoms with Gasteiger partial charge < -0.3 is 11.6 Å². The van der Waals surface area contributed by atoms with Gasteiger partial charge in [0.2, 0.25) is 0 Å². The Balaban J connectivity index is 2.54. The lowest BCUT2D eigenvalue weighted by atomic mass is 10.0. The standard InChI is InChI=1S/C7H16N4/c1-11-5-3-2-4-6(11)7(8)10-9/h6H,2-5,9H2,1H3,(H2,8,10). The number of likely N-dealkylation sites (N-methyl/N-ethyl adjacent to an activating group) is 1. The van der Waals surface area contributed by atoms with Crippen LogP contribution in [0.5, 0.6) is 0 Å². The predicted molar refractivity (Wildman–Crippen MR) is 46.1 cm³/mol. The SMILES string of the molecule is CN1CCCCC1/C(N)=N/N. The van der Waals surface area contributed by atoms with Gasteiger partial charge in [0.25, 0.3) is 0 Å². The van der Waals surface area contributed by atoms with Crippen molar-refractivity contribution in [1.82, 2.24) is 4.90 Å². The zero-order valence-corrected chi connectivity index (χ0v) is 6.95. The van der Waals surface area contributed by atoms with E-state index in [1.54, 1.807) is 0 Å². The summed E-state index contributed by atoms with van der Waals surface area (Å²) in [5, 5.41) is 3.52. The minimum atomic E-state index is 0.272. The molecule has 1 unspecified atom stereocenters. The van der Waals surface area contributed by atoms with E-state index >= 15 is 0 Å². The molecule has 1 aliphatic heterocycles. The number of piperidine rings is 1. The van der Waals surface area contributed by atoms with E-state index in [4.69, 9.17) is 11.6 Å². The third-order valence-electron chi connectivity index (χ3n) is 2.26. The molecule has 0 aromatic heterocycles. The van der Waals surface area contributed by atoms with E-state index in [2.05, 4.69) is 17.0 Å². The molecule has 0 aromatic carbocycles. The highest BCUT2D eigenvalue weighted by molar-refractivity contribution is 5.85. The molecule has 1 atom stereocenters. The van der Waals surface area contributed by atoms with E-state index in [0.717, 1.165) is 13.0 Å². The van der Waals surface area contributed by atoms with Gasteiger partial charge in [-0.05, 0) is 26.4 Å². The molecule has 0 bridgehead atoms. The average Bonchev–Trinajstić information content (AvgIpc) is 2.04. The van der Waals surface area contributed by atoms with E-state index in [1.165, 1.54) is 12.8 Å². The Labute approximate surface area is 67.2 Å². The zero-order chi connectivity index (χ0) is 8.27. The molecule has 0 radical (unpaired) electrons. The topological polar surface area (TPSA) is 67.6 Å². The summed E-state index contributed by atoms with van der Waals surface area (Å²) in [4.78, 5) is 2.20. The van der Waals surface area contributed by atoms with Gasteiger partial charge in [-0.2, -0.15) is 5.10 Å². The van der Waals surface area contributed by atoms with Crippen molar-refractivity contribution in [3.8, 4) is 0 Å². The van der Waals surface area contributed by atoms with Crippen LogP contribution in [-0.2, 0) is 0 Å². The maximum atomic E-state index is 5.62. The number of nitrogens with two attached hydrogens (primary N) is 2. The van der Waals surface area contributed by atoms with Crippen molar-refractivity contribution in [2.45, 2.75) is 25.3 Å². The van der Waals surface area contributed by atoms with E-state index in [0.29, 0.717) is 5.84 Å². The minimum Gasteiger partial charge on any atom is -0.384 e. The number of nitrogens with zero attached hydrogens (tertiary/aromatic N) is 2. The summed E-state index contributed by atoms with van der Waals surface area (Å²) >= 11 is 0. The summed E-state index contributed by atoms with van der Waals surface area (Å²) in [6.45, 7) is 1.10. The molecule has 1 heterocycles. The minimum absolute atomic E-state index is 0.272. The first-order chi connectivity index (χ1) is 5.25. The molecule has 4 heteroatoms. The second-order valence-corrected chi connectivity index (χ2v) is 3.05. The van der Waals surface area contributed by atoms with Gasteiger partial charge in [-0.25, -0.2) is 0 Å². The van der Waals surface area contributed by atoms with Crippen LogP contribution in [0.4, 0.5) is 0 Å². The molecule has 1 aliphatic rings. The van der Waals surface area contributed by atoms with Crippen LogP contribution < -0.4 is 11.6 Å². The molecule has 1 saturated heterocycles. The predicted octanol–water partition coefficient (Wildman–Crippen LogP) is -0.298. The molecule has 1 fully saturated rings. The molecule has 0 aromatic rings. The van der Waals surface area contributed by atoms with E-state index in [9.17, 15) is 0 Å². The summed E-state index contributed by atoms with van der Waals surface area (Å²) in [5.41, 5.74) is 5.62. The van der Waals surface area contributed by atoms with Crippen molar-refractivity contribution >= 4 is 5.84 Å². The van der Waals surface area contributed by atoms with Gasteiger partial charge in [0.15, 0.2) is 0 Å². The van der Waals surface area contributed by atoms with Crippen molar-refractivity contribution < 1.29 is 0 Å². The first kappa shape index (κ1) is 8.33. The van der Waals surface area contributed by atoms with Gasteiger partial charge in [-0.1, -0.05) is 6.42 Å². The van der Waals surface area contributed by atoms with Crippen LogP contribution >= 0.6 is 0 Å². The fraction of sp³-hybridized carbons (Fsp3) is 0.857. The fourth-order valence-electron chi connectivity index (χ4n) is 1.53. The number of rotatable bonds is 1. The van der Waals surface area contributed by atoms with Crippen molar-refractivity contribution in [2.75, 3.05) is 13.6 Å². The molecule has 1 rings (SSSR count). The lowest BCUT2D eigenvalue weighted by Gasteiger charge is -2.31. The average molecular weight is 156 g/mol. The Morgan fingerprint density at radius 2 is 2.27 bits per heavy atom. The van der Waals surface area contributed by atoms with Gasteiger partial charge in [0.05, 0.1) is 6.04 Å². The third-order valence-corrected chi connectivity index (χ3v) is 2.26. The highest BCUT2D eigenvalue weighted by Crippen LogP contribution is 2.14. The first-order valence-corrected chi connectivity index (χ1v) is 3.99. The van der Waals surface area contributed by atoms with Gasteiger partial charge >= 0.3 is 0 Å². The Bertz CT molecular complexity index is 155. The number of amidine groups is 1. The third kappa shape index (κ3) is 1.83. The molecular weight excluding hydrogens is 140 g/mol. The van der Waals surface area contributed by atoms with Crippen molar-refractivity contribution in [1.29, 1.82) is 0 Å². The van der Waals surface area contributed by atoms with Crippen LogP contribution in [-0.4, -0.2) is 30.4 Å². The molecule has 0 saturated carbocycles. The van der Waals surface area contributed by atoms with E-state index < -0.39 is 0 Å². The van der Waals surface area contributed by atoms with Crippen LogP contribution in [0, 0.1) is 0 Å². The van der Waals surface area contributed by atoms with Crippen molar-refractivity contribution in [2.24, 2.45) is 16.7 Å². The Kier molecular flexibility index (Phi) is 2.70. The van der Waals surface area contributed by atoms with Crippen molar-refractivity contribution in [3.63, 3.8) is 0 Å². The highest BCUT2D eigenvalue weighted by atomic mass is 15.2. The summed E-state index contributed by atoms with van der Waals surface area (Å²) in [5.74, 6) is 5.66. The molecular formula is C7H16N4. The molecule has 4 N–H and O–H groups in total. The quantitative estimate of drug-likeness (QED) is 0.237. The molecule has 0 amide bonds. The fourth-order valence-corrected chi connectivity index (χ4v) is 1.53. The monoisotopic (exact) mass is 156 g/mol. The number of likely N-dealkylation sites (tertiary alicyclic amines) is 1. The Morgan fingerprint density at radius 1 is 1.55 bits per heavy atom.